The molecular weight excluding hydrogens is 192 g/mol. The molecule has 0 spiro atoms. The van der Waals surface area contributed by atoms with E-state index < -0.39 is 0 Å². The van der Waals surface area contributed by atoms with E-state index in [2.05, 4.69) is 17.3 Å². The summed E-state index contributed by atoms with van der Waals surface area (Å²) in [6.45, 7) is 2.82. The van der Waals surface area contributed by atoms with Crippen LogP contribution in [0.2, 0.25) is 0 Å². The van der Waals surface area contributed by atoms with Gasteiger partial charge in [-0.1, -0.05) is 19.8 Å². The Labute approximate surface area is 89.6 Å². The molecule has 1 aromatic heterocycles. The molecule has 0 atom stereocenters. The predicted octanol–water partition coefficient (Wildman–Crippen LogP) is 0.922. The molecule has 0 radical (unpaired) electrons. The van der Waals surface area contributed by atoms with E-state index in [0.717, 1.165) is 19.3 Å². The highest BCUT2D eigenvalue weighted by atomic mass is 16.1. The number of amides is 1. The highest BCUT2D eigenvalue weighted by Crippen LogP contribution is 2.08. The van der Waals surface area contributed by atoms with Gasteiger partial charge in [0, 0.05) is 13.6 Å². The van der Waals surface area contributed by atoms with Gasteiger partial charge in [-0.3, -0.25) is 9.48 Å². The quantitative estimate of drug-likeness (QED) is 0.710. The minimum absolute atomic E-state index is 0.142. The van der Waals surface area contributed by atoms with Crippen LogP contribution >= 0.6 is 0 Å². The fourth-order valence-electron chi connectivity index (χ4n) is 1.29. The van der Waals surface area contributed by atoms with Gasteiger partial charge in [0.1, 0.15) is 11.4 Å². The Bertz CT molecular complexity index is 332. The summed E-state index contributed by atoms with van der Waals surface area (Å²) >= 11 is 0. The second kappa shape index (κ2) is 5.38. The number of nitrogens with one attached hydrogen (secondary N) is 1. The van der Waals surface area contributed by atoms with Crippen molar-refractivity contribution in [3.05, 3.63) is 11.8 Å². The lowest BCUT2D eigenvalue weighted by Gasteiger charge is -2.03. The fourth-order valence-corrected chi connectivity index (χ4v) is 1.29. The van der Waals surface area contributed by atoms with Crippen LogP contribution in [0.5, 0.6) is 0 Å². The fraction of sp³-hybridized carbons (Fsp3) is 0.600. The number of hydrogen-bond acceptors (Lipinski definition) is 3. The first-order valence-corrected chi connectivity index (χ1v) is 5.22. The van der Waals surface area contributed by atoms with E-state index in [1.54, 1.807) is 7.05 Å². The van der Waals surface area contributed by atoms with Gasteiger partial charge in [0.05, 0.1) is 6.20 Å². The van der Waals surface area contributed by atoms with Gasteiger partial charge in [-0.05, 0) is 6.42 Å². The smallest absolute Gasteiger partial charge is 0.256 e. The zero-order valence-electron chi connectivity index (χ0n) is 9.29. The van der Waals surface area contributed by atoms with Gasteiger partial charge in [0.2, 0.25) is 0 Å². The average molecular weight is 210 g/mol. The van der Waals surface area contributed by atoms with Crippen molar-refractivity contribution in [2.24, 2.45) is 7.05 Å². The summed E-state index contributed by atoms with van der Waals surface area (Å²) in [6.07, 6.45) is 4.76. The van der Waals surface area contributed by atoms with Gasteiger partial charge in [0.15, 0.2) is 0 Å². The van der Waals surface area contributed by atoms with E-state index in [1.807, 2.05) is 0 Å². The highest BCUT2D eigenvalue weighted by molar-refractivity contribution is 5.98. The Morgan fingerprint density at radius 2 is 2.33 bits per heavy atom. The standard InChI is InChI=1S/C10H18N4O/c1-3-4-5-6-12-10(15)8-7-13-14(2)9(8)11/h7H,3-6,11H2,1-2H3,(H,12,15). The molecule has 0 aliphatic rings. The molecule has 0 saturated heterocycles. The molecule has 0 aliphatic heterocycles. The van der Waals surface area contributed by atoms with E-state index in [0.29, 0.717) is 17.9 Å². The molecule has 5 nitrogen and oxygen atoms in total. The summed E-state index contributed by atoms with van der Waals surface area (Å²) in [6, 6.07) is 0. The van der Waals surface area contributed by atoms with E-state index in [9.17, 15) is 4.79 Å². The maximum absolute atomic E-state index is 11.6. The number of unbranched alkanes of at least 4 members (excludes halogenated alkanes) is 2. The van der Waals surface area contributed by atoms with Crippen molar-refractivity contribution in [3.8, 4) is 0 Å². The number of rotatable bonds is 5. The number of aromatic nitrogens is 2. The molecule has 1 aromatic rings. The van der Waals surface area contributed by atoms with E-state index >= 15 is 0 Å². The van der Waals surface area contributed by atoms with Crippen LogP contribution in [0.15, 0.2) is 6.20 Å². The molecule has 5 heteroatoms. The third-order valence-electron chi connectivity index (χ3n) is 2.30. The van der Waals surface area contributed by atoms with Crippen LogP contribution in [0.4, 0.5) is 5.82 Å². The second-order valence-electron chi connectivity index (χ2n) is 3.53. The molecule has 0 aromatic carbocycles. The number of nitrogen functional groups attached to an aromatic ring is 1. The van der Waals surface area contributed by atoms with E-state index in [1.165, 1.54) is 10.9 Å². The summed E-state index contributed by atoms with van der Waals surface area (Å²) in [5.74, 6) is 0.264. The van der Waals surface area contributed by atoms with Crippen LogP contribution in [0.1, 0.15) is 36.5 Å². The largest absolute Gasteiger partial charge is 0.383 e. The third kappa shape index (κ3) is 2.97. The Morgan fingerprint density at radius 1 is 1.60 bits per heavy atom. The maximum Gasteiger partial charge on any atom is 0.256 e. The zero-order valence-corrected chi connectivity index (χ0v) is 9.29. The first-order chi connectivity index (χ1) is 7.16. The molecule has 1 heterocycles. The molecule has 0 fully saturated rings. The molecule has 0 unspecified atom stereocenters. The molecule has 15 heavy (non-hydrogen) atoms. The monoisotopic (exact) mass is 210 g/mol. The summed E-state index contributed by atoms with van der Waals surface area (Å²) in [7, 11) is 1.71. The van der Waals surface area contributed by atoms with Gasteiger partial charge in [-0.2, -0.15) is 5.10 Å². The van der Waals surface area contributed by atoms with Crippen molar-refractivity contribution in [1.82, 2.24) is 15.1 Å². The molecule has 0 saturated carbocycles. The van der Waals surface area contributed by atoms with Crippen molar-refractivity contribution in [1.29, 1.82) is 0 Å². The lowest BCUT2D eigenvalue weighted by molar-refractivity contribution is 0.0954. The van der Waals surface area contributed by atoms with E-state index in [4.69, 9.17) is 5.73 Å². The van der Waals surface area contributed by atoms with Crippen molar-refractivity contribution in [2.75, 3.05) is 12.3 Å². The Hall–Kier alpha value is -1.52. The molecule has 1 amide bonds. The highest BCUT2D eigenvalue weighted by Gasteiger charge is 2.12. The Morgan fingerprint density at radius 3 is 2.87 bits per heavy atom. The number of nitrogens with two attached hydrogens (primary N) is 1. The normalized spacial score (nSPS) is 10.3. The van der Waals surface area contributed by atoms with Gasteiger partial charge in [-0.25, -0.2) is 0 Å². The van der Waals surface area contributed by atoms with Gasteiger partial charge >= 0.3 is 0 Å². The van der Waals surface area contributed by atoms with Crippen LogP contribution in [0.25, 0.3) is 0 Å². The number of hydrogen-bond donors (Lipinski definition) is 2. The molecular formula is C10H18N4O. The number of nitrogens with zero attached hydrogens (tertiary/aromatic N) is 2. The zero-order chi connectivity index (χ0) is 11.3. The van der Waals surface area contributed by atoms with Crippen molar-refractivity contribution in [3.63, 3.8) is 0 Å². The first kappa shape index (κ1) is 11.6. The number of aryl methyl sites for hydroxylation is 1. The van der Waals surface area contributed by atoms with Crippen molar-refractivity contribution in [2.45, 2.75) is 26.2 Å². The topological polar surface area (TPSA) is 72.9 Å². The number of carbonyl (C=O) groups is 1. The maximum atomic E-state index is 11.6. The molecule has 0 aliphatic carbocycles. The predicted molar refractivity (Wildman–Crippen MR) is 59.5 cm³/mol. The first-order valence-electron chi connectivity index (χ1n) is 5.22. The summed E-state index contributed by atoms with van der Waals surface area (Å²) < 4.78 is 1.49. The molecule has 1 rings (SSSR count). The Kier molecular flexibility index (Phi) is 4.15. The SMILES string of the molecule is CCCCCNC(=O)c1cnn(C)c1N. The third-order valence-corrected chi connectivity index (χ3v) is 2.30. The van der Waals surface area contributed by atoms with Gasteiger partial charge in [0.25, 0.3) is 5.91 Å². The molecule has 3 N–H and O–H groups in total. The lowest BCUT2D eigenvalue weighted by atomic mass is 10.2. The summed E-state index contributed by atoms with van der Waals surface area (Å²) in [5, 5.41) is 6.73. The van der Waals surface area contributed by atoms with Crippen LogP contribution < -0.4 is 11.1 Å². The van der Waals surface area contributed by atoms with Crippen LogP contribution in [0.3, 0.4) is 0 Å². The van der Waals surface area contributed by atoms with Crippen LogP contribution in [0, 0.1) is 0 Å². The van der Waals surface area contributed by atoms with Gasteiger partial charge < -0.3 is 11.1 Å². The summed E-state index contributed by atoms with van der Waals surface area (Å²) in [4.78, 5) is 11.6. The minimum atomic E-state index is -0.142. The van der Waals surface area contributed by atoms with Gasteiger partial charge in [-0.15, -0.1) is 0 Å². The minimum Gasteiger partial charge on any atom is -0.383 e. The van der Waals surface area contributed by atoms with Crippen LogP contribution in [-0.4, -0.2) is 22.2 Å². The Balaban J connectivity index is 2.44. The second-order valence-corrected chi connectivity index (χ2v) is 3.53. The number of carbonyl (C=O) groups excluding carboxylic acids is 1. The molecule has 0 bridgehead atoms. The van der Waals surface area contributed by atoms with E-state index in [-0.39, 0.29) is 5.91 Å². The lowest BCUT2D eigenvalue weighted by Crippen LogP contribution is -2.25. The van der Waals surface area contributed by atoms with Crippen molar-refractivity contribution >= 4 is 11.7 Å². The molecule has 84 valence electrons. The van der Waals surface area contributed by atoms with Crippen molar-refractivity contribution < 1.29 is 4.79 Å². The van der Waals surface area contributed by atoms with Crippen LogP contribution in [-0.2, 0) is 7.05 Å². The summed E-state index contributed by atoms with van der Waals surface area (Å²) in [5.41, 5.74) is 6.13. The average Bonchev–Trinajstić information content (AvgIpc) is 2.55. The number of anilines is 1.